The maximum absolute atomic E-state index is 12.6. The number of phosphoric ester groups is 1. The van der Waals surface area contributed by atoms with Crippen molar-refractivity contribution in [2.45, 2.75) is 193 Å². The second kappa shape index (κ2) is 48.5. The van der Waals surface area contributed by atoms with Crippen LogP contribution in [0, 0.1) is 0 Å². The lowest BCUT2D eigenvalue weighted by atomic mass is 10.1. The van der Waals surface area contributed by atoms with Crippen molar-refractivity contribution in [1.82, 2.24) is 0 Å². The summed E-state index contributed by atoms with van der Waals surface area (Å²) in [6.45, 7) is 4.67. The van der Waals surface area contributed by atoms with Gasteiger partial charge < -0.3 is 20.1 Å². The fourth-order valence-corrected chi connectivity index (χ4v) is 6.97. The lowest BCUT2D eigenvalue weighted by Gasteiger charge is -2.20. The topological polar surface area (TPSA) is 117 Å². The molecule has 0 aliphatic carbocycles. The third-order valence-electron chi connectivity index (χ3n) is 9.74. The SMILES string of the molecule is CC/C=C\C/C=C\C/C=C\C/C=C\C/C=C\C/C=C\C/C=C\CCCCOCC(COP(=O)(O)OCCN)OC(=O)CCCCCCCCC/C=C\CCCCCCCCC. The van der Waals surface area contributed by atoms with Crippen LogP contribution in [0.3, 0.4) is 0 Å². The first-order chi connectivity index (χ1) is 29.9. The number of nitrogens with two attached hydrogens (primary N) is 1. The molecule has 350 valence electrons. The molecule has 0 aliphatic rings. The molecule has 0 amide bonds. The molecule has 0 rings (SSSR count). The molecule has 0 saturated carbocycles. The van der Waals surface area contributed by atoms with Crippen molar-refractivity contribution in [3.8, 4) is 0 Å². The van der Waals surface area contributed by atoms with Crippen LogP contribution >= 0.6 is 7.82 Å². The number of allylic oxidation sites excluding steroid dienone is 16. The maximum Gasteiger partial charge on any atom is 0.472 e. The normalized spacial score (nSPS) is 14.2. The van der Waals surface area contributed by atoms with Crippen molar-refractivity contribution >= 4 is 13.8 Å². The van der Waals surface area contributed by atoms with Crippen molar-refractivity contribution < 1.29 is 32.8 Å². The average molecular weight is 872 g/mol. The van der Waals surface area contributed by atoms with E-state index in [9.17, 15) is 14.3 Å². The van der Waals surface area contributed by atoms with Crippen molar-refractivity contribution in [2.75, 3.05) is 33.0 Å². The van der Waals surface area contributed by atoms with E-state index in [1.165, 1.54) is 83.5 Å². The van der Waals surface area contributed by atoms with E-state index >= 15 is 0 Å². The van der Waals surface area contributed by atoms with Gasteiger partial charge in [-0.1, -0.05) is 182 Å². The van der Waals surface area contributed by atoms with Crippen molar-refractivity contribution in [1.29, 1.82) is 0 Å². The highest BCUT2D eigenvalue weighted by Gasteiger charge is 2.25. The largest absolute Gasteiger partial charge is 0.472 e. The van der Waals surface area contributed by atoms with Gasteiger partial charge >= 0.3 is 13.8 Å². The molecule has 0 bridgehead atoms. The fourth-order valence-electron chi connectivity index (χ4n) is 6.21. The number of rotatable bonds is 45. The van der Waals surface area contributed by atoms with Crippen LogP contribution in [0.5, 0.6) is 0 Å². The Morgan fingerprint density at radius 1 is 0.508 bits per heavy atom. The van der Waals surface area contributed by atoms with E-state index in [1.807, 2.05) is 0 Å². The zero-order valence-corrected chi connectivity index (χ0v) is 39.8. The van der Waals surface area contributed by atoms with Gasteiger partial charge in [0.15, 0.2) is 0 Å². The molecule has 2 unspecified atom stereocenters. The third kappa shape index (κ3) is 48.3. The van der Waals surface area contributed by atoms with Gasteiger partial charge in [0.05, 0.1) is 19.8 Å². The maximum atomic E-state index is 12.6. The van der Waals surface area contributed by atoms with Gasteiger partial charge in [-0.15, -0.1) is 0 Å². The van der Waals surface area contributed by atoms with Gasteiger partial charge in [-0.3, -0.25) is 13.8 Å². The number of carbonyl (C=O) groups is 1. The second-order valence-corrected chi connectivity index (χ2v) is 17.0. The molecule has 0 aromatic rings. The van der Waals surface area contributed by atoms with E-state index in [4.69, 9.17) is 24.3 Å². The van der Waals surface area contributed by atoms with Crippen molar-refractivity contribution in [2.24, 2.45) is 5.73 Å². The quantitative estimate of drug-likeness (QED) is 0.0269. The van der Waals surface area contributed by atoms with Crippen molar-refractivity contribution in [3.63, 3.8) is 0 Å². The fraction of sp³-hybridized carbons (Fsp3) is 0.673. The Morgan fingerprint density at radius 2 is 0.918 bits per heavy atom. The summed E-state index contributed by atoms with van der Waals surface area (Å²) in [7, 11) is -4.30. The van der Waals surface area contributed by atoms with Crippen LogP contribution in [0.15, 0.2) is 97.2 Å². The van der Waals surface area contributed by atoms with Crippen LogP contribution in [0.1, 0.15) is 187 Å². The van der Waals surface area contributed by atoms with E-state index in [0.29, 0.717) is 13.0 Å². The van der Waals surface area contributed by atoms with E-state index < -0.39 is 13.9 Å². The minimum Gasteiger partial charge on any atom is -0.457 e. The highest BCUT2D eigenvalue weighted by atomic mass is 31.2. The molecule has 3 N–H and O–H groups in total. The van der Waals surface area contributed by atoms with Gasteiger partial charge in [-0.05, 0) is 96.3 Å². The summed E-state index contributed by atoms with van der Waals surface area (Å²) in [4.78, 5) is 22.6. The van der Waals surface area contributed by atoms with Crippen LogP contribution < -0.4 is 5.73 Å². The summed E-state index contributed by atoms with van der Waals surface area (Å²) < 4.78 is 33.5. The van der Waals surface area contributed by atoms with E-state index in [-0.39, 0.29) is 32.3 Å². The molecule has 8 nitrogen and oxygen atoms in total. The molecule has 9 heteroatoms. The number of ether oxygens (including phenoxy) is 2. The Bertz CT molecular complexity index is 1250. The Balaban J connectivity index is 4.11. The Hall–Kier alpha value is -2.58. The summed E-state index contributed by atoms with van der Waals surface area (Å²) in [6.07, 6.45) is 64.4. The zero-order valence-electron chi connectivity index (χ0n) is 38.9. The monoisotopic (exact) mass is 872 g/mol. The second-order valence-electron chi connectivity index (χ2n) is 15.6. The van der Waals surface area contributed by atoms with Gasteiger partial charge in [0.1, 0.15) is 6.10 Å². The van der Waals surface area contributed by atoms with Crippen molar-refractivity contribution in [3.05, 3.63) is 97.2 Å². The molecule has 0 aromatic heterocycles. The number of phosphoric acid groups is 1. The Morgan fingerprint density at radius 3 is 1.39 bits per heavy atom. The minimum absolute atomic E-state index is 0.0788. The average Bonchev–Trinajstić information content (AvgIpc) is 3.25. The molecule has 0 heterocycles. The van der Waals surface area contributed by atoms with Crippen LogP contribution in [0.4, 0.5) is 0 Å². The standard InChI is InChI=1S/C52H90NO7P/c1-3-5-7-9-11-13-15-17-19-21-23-24-25-26-27-28-30-32-34-36-38-40-42-44-47-57-49-51(50-59-61(55,56)58-48-46-53)60-52(54)45-43-41-39-37-35-33-31-29-22-20-18-16-14-12-10-8-6-4-2/h5,7,11,13,17,19-20,22-24,26-27,30,32,36,38,51H,3-4,6,8-10,12,14-16,18,21,25,28-29,31,33-35,37,39-50,53H2,1-2H3,(H,55,56)/b7-5-,13-11-,19-17-,22-20-,24-23-,27-26-,32-30-,38-36-. The highest BCUT2D eigenvalue weighted by molar-refractivity contribution is 7.47. The van der Waals surface area contributed by atoms with E-state index in [1.54, 1.807) is 0 Å². The molecular formula is C52H90NO7P. The van der Waals surface area contributed by atoms with E-state index in [2.05, 4.69) is 111 Å². The van der Waals surface area contributed by atoms with Gasteiger partial charge in [0.2, 0.25) is 0 Å². The number of esters is 1. The van der Waals surface area contributed by atoms with Crippen LogP contribution in [0.25, 0.3) is 0 Å². The molecule has 0 aliphatic heterocycles. The first-order valence-corrected chi connectivity index (χ1v) is 25.7. The third-order valence-corrected chi connectivity index (χ3v) is 10.7. The smallest absolute Gasteiger partial charge is 0.457 e. The predicted octanol–water partition coefficient (Wildman–Crippen LogP) is 15.0. The summed E-state index contributed by atoms with van der Waals surface area (Å²) in [5.41, 5.74) is 5.38. The molecule has 0 fully saturated rings. The molecule has 2 atom stereocenters. The van der Waals surface area contributed by atoms with Crippen LogP contribution in [-0.2, 0) is 27.9 Å². The predicted molar refractivity (Wildman–Crippen MR) is 261 cm³/mol. The number of hydrogen-bond acceptors (Lipinski definition) is 7. The molecular weight excluding hydrogens is 782 g/mol. The first kappa shape index (κ1) is 58.4. The summed E-state index contributed by atoms with van der Waals surface area (Å²) in [5.74, 6) is -0.354. The number of hydrogen-bond donors (Lipinski definition) is 2. The minimum atomic E-state index is -4.30. The zero-order chi connectivity index (χ0) is 44.4. The van der Waals surface area contributed by atoms with Gasteiger partial charge in [-0.2, -0.15) is 0 Å². The number of unbranched alkanes of at least 4 members (excludes halogenated alkanes) is 16. The first-order valence-electron chi connectivity index (χ1n) is 24.2. The summed E-state index contributed by atoms with van der Waals surface area (Å²) >= 11 is 0. The Labute approximate surface area is 374 Å². The van der Waals surface area contributed by atoms with Crippen LogP contribution in [0.2, 0.25) is 0 Å². The van der Waals surface area contributed by atoms with Gasteiger partial charge in [-0.25, -0.2) is 4.57 Å². The molecule has 0 saturated heterocycles. The lowest BCUT2D eigenvalue weighted by molar-refractivity contribution is -0.154. The van der Waals surface area contributed by atoms with Gasteiger partial charge in [0.25, 0.3) is 0 Å². The molecule has 61 heavy (non-hydrogen) atoms. The molecule has 0 aromatic carbocycles. The number of carbonyl (C=O) groups excluding carboxylic acids is 1. The highest BCUT2D eigenvalue weighted by Crippen LogP contribution is 2.43. The lowest BCUT2D eigenvalue weighted by Crippen LogP contribution is -2.28. The summed E-state index contributed by atoms with van der Waals surface area (Å²) in [6, 6.07) is 0. The molecule has 0 radical (unpaired) electrons. The van der Waals surface area contributed by atoms with Crippen LogP contribution in [-0.4, -0.2) is 49.9 Å². The van der Waals surface area contributed by atoms with Gasteiger partial charge in [0, 0.05) is 19.6 Å². The Kier molecular flexibility index (Phi) is 46.4. The summed E-state index contributed by atoms with van der Waals surface area (Å²) in [5, 5.41) is 0. The van der Waals surface area contributed by atoms with E-state index in [0.717, 1.165) is 83.5 Å². The molecule has 0 spiro atoms.